The van der Waals surface area contributed by atoms with Gasteiger partial charge >= 0.3 is 6.03 Å². The molecule has 0 radical (unpaired) electrons. The number of thiophene rings is 1. The molecule has 0 aliphatic rings. The van der Waals surface area contributed by atoms with E-state index in [0.717, 1.165) is 10.4 Å². The molecule has 1 heterocycles. The summed E-state index contributed by atoms with van der Waals surface area (Å²) < 4.78 is 16.0. The molecule has 3 amide bonds. The van der Waals surface area contributed by atoms with Crippen LogP contribution in [0.5, 0.6) is 11.5 Å². The van der Waals surface area contributed by atoms with Gasteiger partial charge in [0, 0.05) is 42.2 Å². The van der Waals surface area contributed by atoms with E-state index in [1.807, 2.05) is 47.4 Å². The Labute approximate surface area is 248 Å². The van der Waals surface area contributed by atoms with Crippen molar-refractivity contribution in [2.75, 3.05) is 52.9 Å². The predicted molar refractivity (Wildman–Crippen MR) is 165 cm³/mol. The maximum atomic E-state index is 13.8. The molecule has 0 fully saturated rings. The predicted octanol–water partition coefficient (Wildman–Crippen LogP) is 6.34. The maximum Gasteiger partial charge on any atom is 0.322 e. The lowest BCUT2D eigenvalue weighted by Gasteiger charge is -2.28. The molecule has 0 saturated heterocycles. The van der Waals surface area contributed by atoms with Crippen LogP contribution in [0.1, 0.15) is 47.1 Å². The Morgan fingerprint density at radius 2 is 1.63 bits per heavy atom. The summed E-state index contributed by atoms with van der Waals surface area (Å²) in [7, 11) is 4.85. The molecular formula is C32H43N3O5S. The van der Waals surface area contributed by atoms with Crippen molar-refractivity contribution in [2.24, 2.45) is 0 Å². The number of hydrogen-bond acceptors (Lipinski definition) is 6. The molecule has 0 aliphatic heterocycles. The Kier molecular flexibility index (Phi) is 12.5. The van der Waals surface area contributed by atoms with E-state index in [4.69, 9.17) is 14.2 Å². The minimum Gasteiger partial charge on any atom is -0.493 e. The van der Waals surface area contributed by atoms with Gasteiger partial charge in [-0.3, -0.25) is 4.79 Å². The van der Waals surface area contributed by atoms with Crippen LogP contribution in [0.3, 0.4) is 0 Å². The zero-order chi connectivity index (χ0) is 29.8. The minimum atomic E-state index is -0.307. The van der Waals surface area contributed by atoms with Crippen molar-refractivity contribution in [3.8, 4) is 11.5 Å². The van der Waals surface area contributed by atoms with Gasteiger partial charge in [0.25, 0.3) is 0 Å². The number of ether oxygens (including phenoxy) is 3. The average Bonchev–Trinajstić information content (AvgIpc) is 3.38. The molecule has 41 heavy (non-hydrogen) atoms. The zero-order valence-corrected chi connectivity index (χ0v) is 25.9. The van der Waals surface area contributed by atoms with Gasteiger partial charge in [0.05, 0.1) is 20.8 Å². The highest BCUT2D eigenvalue weighted by atomic mass is 32.1. The molecule has 3 rings (SSSR count). The van der Waals surface area contributed by atoms with Gasteiger partial charge < -0.3 is 29.3 Å². The third-order valence-corrected chi connectivity index (χ3v) is 7.82. The molecule has 0 unspecified atom stereocenters. The molecule has 0 bridgehead atoms. The SMILES string of the molecule is COCCCN(CC(=O)N(CCc1ccc(OC)c(OC)c1)Cc1ccc(C)s1)C(=O)Nc1ccc(C(C)C)cc1. The van der Waals surface area contributed by atoms with Crippen molar-refractivity contribution in [1.29, 1.82) is 0 Å². The van der Waals surface area contributed by atoms with Crippen molar-refractivity contribution in [2.45, 2.75) is 46.1 Å². The summed E-state index contributed by atoms with van der Waals surface area (Å²) in [6.07, 6.45) is 1.26. The van der Waals surface area contributed by atoms with Gasteiger partial charge in [-0.2, -0.15) is 0 Å². The summed E-state index contributed by atoms with van der Waals surface area (Å²) in [5, 5.41) is 2.97. The van der Waals surface area contributed by atoms with Crippen LogP contribution in [-0.4, -0.2) is 69.3 Å². The number of anilines is 1. The minimum absolute atomic E-state index is 0.0318. The number of nitrogens with one attached hydrogen (secondary N) is 1. The highest BCUT2D eigenvalue weighted by Crippen LogP contribution is 2.28. The van der Waals surface area contributed by atoms with Crippen molar-refractivity contribution in [3.63, 3.8) is 0 Å². The summed E-state index contributed by atoms with van der Waals surface area (Å²) in [5.74, 6) is 1.60. The van der Waals surface area contributed by atoms with Crippen molar-refractivity contribution >= 4 is 29.0 Å². The standard InChI is InChI=1S/C32H43N3O5S/c1-23(2)26-10-12-27(13-11-26)33-32(37)35(17-7-19-38-4)22-31(36)34(21-28-14-8-24(3)41-28)18-16-25-9-15-29(39-5)30(20-25)40-6/h8-15,20,23H,7,16-19,21-22H2,1-6H3,(H,33,37). The molecule has 0 spiro atoms. The third-order valence-electron chi connectivity index (χ3n) is 6.83. The molecule has 9 heteroatoms. The molecule has 1 N–H and O–H groups in total. The first-order valence-corrected chi connectivity index (χ1v) is 14.7. The molecule has 0 saturated carbocycles. The number of carbonyl (C=O) groups is 2. The van der Waals surface area contributed by atoms with Gasteiger partial charge in [0.1, 0.15) is 6.54 Å². The molecule has 0 atom stereocenters. The first kappa shape index (κ1) is 32.0. The second-order valence-electron chi connectivity index (χ2n) is 10.2. The van der Waals surface area contributed by atoms with E-state index in [1.54, 1.807) is 37.6 Å². The summed E-state index contributed by atoms with van der Waals surface area (Å²) >= 11 is 1.67. The number of rotatable bonds is 15. The van der Waals surface area contributed by atoms with Gasteiger partial charge in [-0.15, -0.1) is 11.3 Å². The topological polar surface area (TPSA) is 80.3 Å². The van der Waals surface area contributed by atoms with Gasteiger partial charge in [-0.1, -0.05) is 32.0 Å². The number of hydrogen-bond donors (Lipinski definition) is 1. The second kappa shape index (κ2) is 16.0. The summed E-state index contributed by atoms with van der Waals surface area (Å²) in [4.78, 5) is 32.8. The summed E-state index contributed by atoms with van der Waals surface area (Å²) in [6, 6.07) is 17.4. The molecule has 222 valence electrons. The van der Waals surface area contributed by atoms with Crippen LogP contribution in [0.2, 0.25) is 0 Å². The average molecular weight is 582 g/mol. The molecule has 2 aromatic carbocycles. The smallest absolute Gasteiger partial charge is 0.322 e. The van der Waals surface area contributed by atoms with E-state index >= 15 is 0 Å². The van der Waals surface area contributed by atoms with Crippen molar-refractivity contribution < 1.29 is 23.8 Å². The molecule has 0 aliphatic carbocycles. The van der Waals surface area contributed by atoms with Gasteiger partial charge in [-0.25, -0.2) is 4.79 Å². The van der Waals surface area contributed by atoms with Crippen LogP contribution >= 0.6 is 11.3 Å². The van der Waals surface area contributed by atoms with E-state index < -0.39 is 0 Å². The van der Waals surface area contributed by atoms with Crippen LogP contribution in [0.4, 0.5) is 10.5 Å². The van der Waals surface area contributed by atoms with Crippen molar-refractivity contribution in [3.05, 3.63) is 75.5 Å². The number of amides is 3. The van der Waals surface area contributed by atoms with E-state index in [2.05, 4.69) is 38.2 Å². The Morgan fingerprint density at radius 1 is 0.902 bits per heavy atom. The lowest BCUT2D eigenvalue weighted by molar-refractivity contribution is -0.132. The van der Waals surface area contributed by atoms with E-state index in [1.165, 1.54) is 10.4 Å². The lowest BCUT2D eigenvalue weighted by Crippen LogP contribution is -2.45. The van der Waals surface area contributed by atoms with Gasteiger partial charge in [-0.05, 0) is 73.2 Å². The second-order valence-corrected chi connectivity index (χ2v) is 11.6. The number of benzene rings is 2. The van der Waals surface area contributed by atoms with Crippen LogP contribution in [-0.2, 0) is 22.5 Å². The normalized spacial score (nSPS) is 10.9. The Morgan fingerprint density at radius 3 is 2.24 bits per heavy atom. The van der Waals surface area contributed by atoms with Crippen LogP contribution in [0, 0.1) is 6.92 Å². The van der Waals surface area contributed by atoms with E-state index in [-0.39, 0.29) is 18.5 Å². The fourth-order valence-corrected chi connectivity index (χ4v) is 5.33. The van der Waals surface area contributed by atoms with Crippen LogP contribution < -0.4 is 14.8 Å². The molecule has 3 aromatic rings. The first-order valence-electron chi connectivity index (χ1n) is 13.9. The van der Waals surface area contributed by atoms with Crippen LogP contribution in [0.15, 0.2) is 54.6 Å². The van der Waals surface area contributed by atoms with E-state index in [0.29, 0.717) is 62.2 Å². The zero-order valence-electron chi connectivity index (χ0n) is 25.1. The van der Waals surface area contributed by atoms with E-state index in [9.17, 15) is 9.59 Å². The number of methoxy groups -OCH3 is 3. The number of carbonyl (C=O) groups excluding carboxylic acids is 2. The largest absolute Gasteiger partial charge is 0.493 e. The number of aryl methyl sites for hydroxylation is 1. The Hall–Kier alpha value is -3.56. The van der Waals surface area contributed by atoms with Gasteiger partial charge in [0.2, 0.25) is 5.91 Å². The number of nitrogens with zero attached hydrogens (tertiary/aromatic N) is 2. The van der Waals surface area contributed by atoms with Gasteiger partial charge in [0.15, 0.2) is 11.5 Å². The summed E-state index contributed by atoms with van der Waals surface area (Å²) in [5.41, 5.74) is 2.93. The number of urea groups is 1. The fourth-order valence-electron chi connectivity index (χ4n) is 4.42. The molecular weight excluding hydrogens is 538 g/mol. The fraction of sp³-hybridized carbons (Fsp3) is 0.438. The third kappa shape index (κ3) is 9.79. The Balaban J connectivity index is 1.75. The maximum absolute atomic E-state index is 13.8. The Bertz CT molecular complexity index is 1260. The monoisotopic (exact) mass is 581 g/mol. The highest BCUT2D eigenvalue weighted by Gasteiger charge is 2.22. The van der Waals surface area contributed by atoms with Crippen LogP contribution in [0.25, 0.3) is 0 Å². The first-order chi connectivity index (χ1) is 19.7. The molecule has 1 aromatic heterocycles. The molecule has 8 nitrogen and oxygen atoms in total. The lowest BCUT2D eigenvalue weighted by atomic mass is 10.0. The van der Waals surface area contributed by atoms with Crippen molar-refractivity contribution in [1.82, 2.24) is 9.80 Å². The highest BCUT2D eigenvalue weighted by molar-refractivity contribution is 7.11. The summed E-state index contributed by atoms with van der Waals surface area (Å²) in [6.45, 7) is 8.16. The quantitative estimate of drug-likeness (QED) is 0.212.